The zero-order valence-electron chi connectivity index (χ0n) is 17.2. The molecule has 154 valence electrons. The lowest BCUT2D eigenvalue weighted by atomic mass is 9.99. The monoisotopic (exact) mass is 409 g/mol. The number of fused-ring (bicyclic) bond motifs is 1. The summed E-state index contributed by atoms with van der Waals surface area (Å²) in [7, 11) is 0. The first kappa shape index (κ1) is 19.3. The molecule has 3 heterocycles. The van der Waals surface area contributed by atoms with Crippen LogP contribution < -0.4 is 5.32 Å². The molecule has 0 bridgehead atoms. The van der Waals surface area contributed by atoms with Crippen molar-refractivity contribution in [1.29, 1.82) is 0 Å². The maximum absolute atomic E-state index is 12.7. The fourth-order valence-corrected chi connectivity index (χ4v) is 4.09. The van der Waals surface area contributed by atoms with Crippen LogP contribution in [0.25, 0.3) is 22.0 Å². The smallest absolute Gasteiger partial charge is 0.275 e. The molecule has 1 aliphatic rings. The highest BCUT2D eigenvalue weighted by Crippen LogP contribution is 2.29. The third-order valence-electron chi connectivity index (χ3n) is 5.60. The summed E-state index contributed by atoms with van der Waals surface area (Å²) in [5, 5.41) is 3.75. The number of nitrogens with one attached hydrogen (secondary N) is 1. The number of para-hydroxylation sites is 1. The third kappa shape index (κ3) is 4.29. The molecule has 0 saturated carbocycles. The number of likely N-dealkylation sites (tertiary alicyclic amines) is 1. The number of carbonyl (C=O) groups excluding carboxylic acids is 1. The molecule has 1 N–H and O–H groups in total. The summed E-state index contributed by atoms with van der Waals surface area (Å²) in [5.41, 5.74) is 4.59. The number of carbonyl (C=O) groups is 1. The van der Waals surface area contributed by atoms with Crippen LogP contribution in [0.1, 0.15) is 28.9 Å². The van der Waals surface area contributed by atoms with Crippen LogP contribution in [-0.2, 0) is 6.54 Å². The van der Waals surface area contributed by atoms with Crippen molar-refractivity contribution in [2.75, 3.05) is 18.4 Å². The predicted octanol–water partition coefficient (Wildman–Crippen LogP) is 4.54. The van der Waals surface area contributed by atoms with E-state index in [9.17, 15) is 4.79 Å². The van der Waals surface area contributed by atoms with E-state index in [4.69, 9.17) is 4.98 Å². The van der Waals surface area contributed by atoms with E-state index in [0.717, 1.165) is 28.6 Å². The van der Waals surface area contributed by atoms with Crippen LogP contribution in [0, 0.1) is 0 Å². The van der Waals surface area contributed by atoms with Gasteiger partial charge in [-0.05, 0) is 49.2 Å². The number of amides is 1. The number of hydrogen-bond acceptors (Lipinski definition) is 5. The van der Waals surface area contributed by atoms with E-state index in [0.29, 0.717) is 11.5 Å². The van der Waals surface area contributed by atoms with Crippen molar-refractivity contribution >= 4 is 22.6 Å². The zero-order chi connectivity index (χ0) is 21.0. The number of aromatic nitrogens is 3. The molecule has 0 radical (unpaired) electrons. The van der Waals surface area contributed by atoms with Gasteiger partial charge in [0.05, 0.1) is 11.7 Å². The fraction of sp³-hybridized carbons (Fsp3) is 0.200. The number of hydrogen-bond donors (Lipinski definition) is 1. The van der Waals surface area contributed by atoms with Gasteiger partial charge in [0.25, 0.3) is 5.91 Å². The topological polar surface area (TPSA) is 71.0 Å². The van der Waals surface area contributed by atoms with Gasteiger partial charge in [-0.3, -0.25) is 14.7 Å². The summed E-state index contributed by atoms with van der Waals surface area (Å²) in [5.74, 6) is 0.0947. The molecular weight excluding hydrogens is 386 g/mol. The molecule has 1 fully saturated rings. The Bertz CT molecular complexity index is 1220. The average Bonchev–Trinajstić information content (AvgIpc) is 3.32. The number of nitrogens with zero attached hydrogens (tertiary/aromatic N) is 4. The Morgan fingerprint density at radius 1 is 1.00 bits per heavy atom. The Hall–Kier alpha value is -3.64. The van der Waals surface area contributed by atoms with Gasteiger partial charge in [0.15, 0.2) is 5.82 Å². The van der Waals surface area contributed by atoms with E-state index < -0.39 is 0 Å². The molecule has 0 atom stereocenters. The van der Waals surface area contributed by atoms with Crippen LogP contribution in [0.5, 0.6) is 0 Å². The van der Waals surface area contributed by atoms with Gasteiger partial charge in [-0.1, -0.05) is 42.5 Å². The molecule has 1 aliphatic heterocycles. The molecule has 6 nitrogen and oxygen atoms in total. The summed E-state index contributed by atoms with van der Waals surface area (Å²) in [6, 6.07) is 18.4. The minimum atomic E-state index is -0.306. The second-order valence-corrected chi connectivity index (χ2v) is 7.80. The lowest BCUT2D eigenvalue weighted by Gasteiger charge is -2.15. The molecule has 6 heteroatoms. The Kier molecular flexibility index (Phi) is 5.37. The van der Waals surface area contributed by atoms with E-state index >= 15 is 0 Å². The minimum absolute atomic E-state index is 0.306. The zero-order valence-corrected chi connectivity index (χ0v) is 17.2. The van der Waals surface area contributed by atoms with E-state index in [1.165, 1.54) is 43.9 Å². The average molecular weight is 409 g/mol. The first-order chi connectivity index (χ1) is 15.3. The van der Waals surface area contributed by atoms with Crippen molar-refractivity contribution < 1.29 is 4.79 Å². The van der Waals surface area contributed by atoms with Crippen molar-refractivity contribution in [3.05, 3.63) is 84.4 Å². The lowest BCUT2D eigenvalue weighted by molar-refractivity contribution is 0.102. The Morgan fingerprint density at radius 2 is 1.87 bits per heavy atom. The van der Waals surface area contributed by atoms with Gasteiger partial charge >= 0.3 is 0 Å². The Labute approximate surface area is 181 Å². The standard InChI is InChI=1S/C25H23N5O/c31-25(29-23-16-26-11-12-27-23)22-10-9-19-6-4-8-21(24(19)28-22)20-7-3-5-18(15-20)17-30-13-1-2-14-30/h3-12,15-16H,1-2,13-14,17H2,(H,27,29,31). The summed E-state index contributed by atoms with van der Waals surface area (Å²) < 4.78 is 0. The largest absolute Gasteiger partial charge is 0.304 e. The van der Waals surface area contributed by atoms with Crippen LogP contribution in [0.2, 0.25) is 0 Å². The first-order valence-corrected chi connectivity index (χ1v) is 10.5. The van der Waals surface area contributed by atoms with Crippen LogP contribution in [0.3, 0.4) is 0 Å². The molecule has 2 aromatic heterocycles. The van der Waals surface area contributed by atoms with Gasteiger partial charge in [0.2, 0.25) is 0 Å². The van der Waals surface area contributed by atoms with Crippen molar-refractivity contribution in [3.8, 4) is 11.1 Å². The Balaban J connectivity index is 1.48. The molecule has 4 aromatic rings. The van der Waals surface area contributed by atoms with Crippen molar-refractivity contribution in [2.45, 2.75) is 19.4 Å². The van der Waals surface area contributed by atoms with Gasteiger partial charge in [-0.25, -0.2) is 9.97 Å². The van der Waals surface area contributed by atoms with Crippen molar-refractivity contribution in [2.24, 2.45) is 0 Å². The second-order valence-electron chi connectivity index (χ2n) is 7.80. The molecular formula is C25H23N5O. The molecule has 31 heavy (non-hydrogen) atoms. The van der Waals surface area contributed by atoms with Crippen LogP contribution in [0.15, 0.2) is 73.2 Å². The molecule has 1 amide bonds. The molecule has 2 aromatic carbocycles. The van der Waals surface area contributed by atoms with Gasteiger partial charge in [-0.15, -0.1) is 0 Å². The normalized spacial score (nSPS) is 14.1. The van der Waals surface area contributed by atoms with Crippen molar-refractivity contribution in [1.82, 2.24) is 19.9 Å². The van der Waals surface area contributed by atoms with Gasteiger partial charge in [0, 0.05) is 29.9 Å². The number of pyridine rings is 1. The van der Waals surface area contributed by atoms with Gasteiger partial charge in [-0.2, -0.15) is 0 Å². The molecule has 5 rings (SSSR count). The Morgan fingerprint density at radius 3 is 2.71 bits per heavy atom. The second kappa shape index (κ2) is 8.62. The lowest BCUT2D eigenvalue weighted by Crippen LogP contribution is -2.18. The summed E-state index contributed by atoms with van der Waals surface area (Å²) in [4.78, 5) is 28.0. The first-order valence-electron chi connectivity index (χ1n) is 10.5. The number of benzene rings is 2. The van der Waals surface area contributed by atoms with E-state index in [2.05, 4.69) is 50.5 Å². The van der Waals surface area contributed by atoms with E-state index in [1.54, 1.807) is 12.3 Å². The van der Waals surface area contributed by atoms with E-state index in [1.807, 2.05) is 18.2 Å². The van der Waals surface area contributed by atoms with Crippen LogP contribution >= 0.6 is 0 Å². The number of anilines is 1. The van der Waals surface area contributed by atoms with Gasteiger partial charge in [0.1, 0.15) is 5.69 Å². The SMILES string of the molecule is O=C(Nc1cnccn1)c1ccc2cccc(-c3cccc(CN4CCCC4)c3)c2n1. The minimum Gasteiger partial charge on any atom is -0.304 e. The molecule has 1 saturated heterocycles. The number of rotatable bonds is 5. The summed E-state index contributed by atoms with van der Waals surface area (Å²) >= 11 is 0. The molecule has 0 unspecified atom stereocenters. The summed E-state index contributed by atoms with van der Waals surface area (Å²) in [6.45, 7) is 3.31. The maximum Gasteiger partial charge on any atom is 0.275 e. The maximum atomic E-state index is 12.7. The predicted molar refractivity (Wildman–Crippen MR) is 122 cm³/mol. The van der Waals surface area contributed by atoms with Crippen molar-refractivity contribution in [3.63, 3.8) is 0 Å². The molecule has 0 aliphatic carbocycles. The highest BCUT2D eigenvalue weighted by atomic mass is 16.1. The third-order valence-corrected chi connectivity index (χ3v) is 5.60. The highest BCUT2D eigenvalue weighted by Gasteiger charge is 2.14. The van der Waals surface area contributed by atoms with Crippen LogP contribution in [0.4, 0.5) is 5.82 Å². The quantitative estimate of drug-likeness (QED) is 0.524. The summed E-state index contributed by atoms with van der Waals surface area (Å²) in [6.07, 6.45) is 7.18. The molecule has 0 spiro atoms. The highest BCUT2D eigenvalue weighted by molar-refractivity contribution is 6.04. The van der Waals surface area contributed by atoms with E-state index in [-0.39, 0.29) is 5.91 Å². The fourth-order valence-electron chi connectivity index (χ4n) is 4.09. The van der Waals surface area contributed by atoms with Gasteiger partial charge < -0.3 is 5.32 Å². The van der Waals surface area contributed by atoms with Crippen LogP contribution in [-0.4, -0.2) is 38.8 Å².